The number of aliphatic carboxylic acids is 1. The van der Waals surface area contributed by atoms with E-state index in [1.807, 2.05) is 0 Å². The number of nitrogens with one attached hydrogen (secondary N) is 1. The van der Waals surface area contributed by atoms with E-state index in [1.165, 1.54) is 30.4 Å². The predicted octanol–water partition coefficient (Wildman–Crippen LogP) is 1.84. The highest BCUT2D eigenvalue weighted by Crippen LogP contribution is 2.24. The number of amides is 1. The van der Waals surface area contributed by atoms with E-state index in [0.717, 1.165) is 19.3 Å². The molecule has 1 aromatic heterocycles. The van der Waals surface area contributed by atoms with Crippen LogP contribution in [0.25, 0.3) is 0 Å². The third-order valence-corrected chi connectivity index (χ3v) is 4.05. The normalized spacial score (nSPS) is 24.1. The van der Waals surface area contributed by atoms with Gasteiger partial charge in [0, 0.05) is 12.2 Å². The highest BCUT2D eigenvalue weighted by atomic mass is 16.4. The molecule has 1 fully saturated rings. The van der Waals surface area contributed by atoms with Gasteiger partial charge in [-0.05, 0) is 25.7 Å². The number of hydrogen-bond donors (Lipinski definition) is 2. The molecule has 1 amide bonds. The van der Waals surface area contributed by atoms with Crippen molar-refractivity contribution in [3.05, 3.63) is 18.0 Å². The van der Waals surface area contributed by atoms with Crippen molar-refractivity contribution in [1.82, 2.24) is 15.1 Å². The van der Waals surface area contributed by atoms with Crippen molar-refractivity contribution in [3.63, 3.8) is 0 Å². The molecule has 1 aliphatic rings. The van der Waals surface area contributed by atoms with Crippen LogP contribution in [0.3, 0.4) is 0 Å². The SMILES string of the molecule is CC1CCCCC1NC(=O)c1cnn(C(C)C(=O)O)c1. The molecule has 3 unspecified atom stereocenters. The van der Waals surface area contributed by atoms with E-state index in [9.17, 15) is 9.59 Å². The van der Waals surface area contributed by atoms with Crippen molar-refractivity contribution in [1.29, 1.82) is 0 Å². The van der Waals surface area contributed by atoms with Gasteiger partial charge in [0.25, 0.3) is 5.91 Å². The van der Waals surface area contributed by atoms with Crippen molar-refractivity contribution in [2.24, 2.45) is 5.92 Å². The maximum Gasteiger partial charge on any atom is 0.328 e. The molecule has 1 heterocycles. The quantitative estimate of drug-likeness (QED) is 0.880. The minimum atomic E-state index is -0.971. The van der Waals surface area contributed by atoms with Gasteiger partial charge in [-0.2, -0.15) is 5.10 Å². The smallest absolute Gasteiger partial charge is 0.328 e. The van der Waals surface area contributed by atoms with Gasteiger partial charge in [0.1, 0.15) is 6.04 Å². The van der Waals surface area contributed by atoms with Gasteiger partial charge in [-0.1, -0.05) is 19.8 Å². The third kappa shape index (κ3) is 3.18. The summed E-state index contributed by atoms with van der Waals surface area (Å²) in [4.78, 5) is 23.0. The average Bonchev–Trinajstić information content (AvgIpc) is 2.90. The molecule has 1 aromatic rings. The van der Waals surface area contributed by atoms with Crippen LogP contribution in [0.15, 0.2) is 12.4 Å². The minimum Gasteiger partial charge on any atom is -0.480 e. The summed E-state index contributed by atoms with van der Waals surface area (Å²) in [5.74, 6) is -0.658. The molecule has 3 atom stereocenters. The Morgan fingerprint density at radius 1 is 1.45 bits per heavy atom. The van der Waals surface area contributed by atoms with Gasteiger partial charge in [0.15, 0.2) is 0 Å². The molecule has 0 saturated heterocycles. The molecule has 2 rings (SSSR count). The molecule has 6 heteroatoms. The topological polar surface area (TPSA) is 84.2 Å². The summed E-state index contributed by atoms with van der Waals surface area (Å²) in [5.41, 5.74) is 0.413. The van der Waals surface area contributed by atoms with Crippen molar-refractivity contribution in [2.75, 3.05) is 0 Å². The first kappa shape index (κ1) is 14.6. The number of carboxylic acid groups (broad SMARTS) is 1. The van der Waals surface area contributed by atoms with Crippen LogP contribution in [0.5, 0.6) is 0 Å². The number of carbonyl (C=O) groups is 2. The molecule has 0 aliphatic heterocycles. The highest BCUT2D eigenvalue weighted by molar-refractivity contribution is 5.94. The molecule has 1 saturated carbocycles. The van der Waals surface area contributed by atoms with Gasteiger partial charge >= 0.3 is 5.97 Å². The lowest BCUT2D eigenvalue weighted by molar-refractivity contribution is -0.140. The Kier molecular flexibility index (Phi) is 4.42. The third-order valence-electron chi connectivity index (χ3n) is 4.05. The zero-order valence-corrected chi connectivity index (χ0v) is 11.9. The van der Waals surface area contributed by atoms with E-state index in [1.54, 1.807) is 0 Å². The summed E-state index contributed by atoms with van der Waals surface area (Å²) in [6, 6.07) is -0.568. The Labute approximate surface area is 118 Å². The van der Waals surface area contributed by atoms with Crippen LogP contribution < -0.4 is 5.32 Å². The van der Waals surface area contributed by atoms with Gasteiger partial charge in [-0.25, -0.2) is 4.79 Å². The fraction of sp³-hybridized carbons (Fsp3) is 0.643. The molecule has 20 heavy (non-hydrogen) atoms. The van der Waals surface area contributed by atoms with Crippen molar-refractivity contribution < 1.29 is 14.7 Å². The maximum atomic E-state index is 12.2. The molecule has 2 N–H and O–H groups in total. The van der Waals surface area contributed by atoms with Crippen molar-refractivity contribution in [2.45, 2.75) is 51.6 Å². The standard InChI is InChI=1S/C14H21N3O3/c1-9-5-3-4-6-12(9)16-13(18)11-7-15-17(8-11)10(2)14(19)20/h7-10,12H,3-6H2,1-2H3,(H,16,18)(H,19,20). The van der Waals surface area contributed by atoms with Gasteiger partial charge in [-0.3, -0.25) is 9.48 Å². The lowest BCUT2D eigenvalue weighted by Crippen LogP contribution is -2.40. The Bertz CT molecular complexity index is 498. The Hall–Kier alpha value is -1.85. The second-order valence-corrected chi connectivity index (χ2v) is 5.56. The predicted molar refractivity (Wildman–Crippen MR) is 73.5 cm³/mol. The van der Waals surface area contributed by atoms with E-state index in [4.69, 9.17) is 5.11 Å². The summed E-state index contributed by atoms with van der Waals surface area (Å²) in [6.45, 7) is 3.68. The monoisotopic (exact) mass is 279 g/mol. The number of hydrogen-bond acceptors (Lipinski definition) is 3. The van der Waals surface area contributed by atoms with Gasteiger partial charge in [0.2, 0.25) is 0 Å². The molecule has 6 nitrogen and oxygen atoms in total. The Balaban J connectivity index is 2.00. The number of carboxylic acids is 1. The fourth-order valence-corrected chi connectivity index (χ4v) is 2.56. The molecule has 1 aliphatic carbocycles. The Morgan fingerprint density at radius 2 is 2.15 bits per heavy atom. The number of carbonyl (C=O) groups excluding carboxylic acids is 1. The molecular weight excluding hydrogens is 258 g/mol. The first-order chi connectivity index (χ1) is 9.49. The molecular formula is C14H21N3O3. The summed E-state index contributed by atoms with van der Waals surface area (Å²) in [6.07, 6.45) is 7.42. The molecule has 110 valence electrons. The van der Waals surface area contributed by atoms with Gasteiger partial charge in [-0.15, -0.1) is 0 Å². The first-order valence-electron chi connectivity index (χ1n) is 7.07. The lowest BCUT2D eigenvalue weighted by Gasteiger charge is -2.29. The fourth-order valence-electron chi connectivity index (χ4n) is 2.56. The van der Waals surface area contributed by atoms with Crippen molar-refractivity contribution in [3.8, 4) is 0 Å². The van der Waals surface area contributed by atoms with E-state index in [-0.39, 0.29) is 11.9 Å². The number of nitrogens with zero attached hydrogens (tertiary/aromatic N) is 2. The second-order valence-electron chi connectivity index (χ2n) is 5.56. The van der Waals surface area contributed by atoms with Gasteiger partial charge < -0.3 is 10.4 Å². The molecule has 0 radical (unpaired) electrons. The summed E-state index contributed by atoms with van der Waals surface area (Å²) < 4.78 is 1.29. The van der Waals surface area contributed by atoms with Crippen LogP contribution in [-0.4, -0.2) is 32.8 Å². The van der Waals surface area contributed by atoms with Crippen LogP contribution in [0.4, 0.5) is 0 Å². The highest BCUT2D eigenvalue weighted by Gasteiger charge is 2.24. The van der Waals surface area contributed by atoms with E-state index < -0.39 is 12.0 Å². The van der Waals surface area contributed by atoms with Crippen molar-refractivity contribution >= 4 is 11.9 Å². The van der Waals surface area contributed by atoms with Gasteiger partial charge in [0.05, 0.1) is 11.8 Å². The van der Waals surface area contributed by atoms with Crippen LogP contribution in [0.1, 0.15) is 55.9 Å². The molecule has 0 aromatic carbocycles. The van der Waals surface area contributed by atoms with Crippen LogP contribution in [0, 0.1) is 5.92 Å². The second kappa shape index (κ2) is 6.07. The lowest BCUT2D eigenvalue weighted by atomic mass is 9.86. The summed E-state index contributed by atoms with van der Waals surface area (Å²) in [7, 11) is 0. The van der Waals surface area contributed by atoms with E-state index in [2.05, 4.69) is 17.3 Å². The van der Waals surface area contributed by atoms with Crippen LogP contribution >= 0.6 is 0 Å². The average molecular weight is 279 g/mol. The molecule has 0 spiro atoms. The van der Waals surface area contributed by atoms with Crippen LogP contribution in [0.2, 0.25) is 0 Å². The Morgan fingerprint density at radius 3 is 2.80 bits per heavy atom. The summed E-state index contributed by atoms with van der Waals surface area (Å²) in [5, 5.41) is 15.9. The number of aromatic nitrogens is 2. The largest absolute Gasteiger partial charge is 0.480 e. The number of rotatable bonds is 4. The molecule has 0 bridgehead atoms. The summed E-state index contributed by atoms with van der Waals surface area (Å²) >= 11 is 0. The van der Waals surface area contributed by atoms with E-state index >= 15 is 0 Å². The minimum absolute atomic E-state index is 0.174. The van der Waals surface area contributed by atoms with E-state index in [0.29, 0.717) is 11.5 Å². The maximum absolute atomic E-state index is 12.2. The zero-order valence-electron chi connectivity index (χ0n) is 11.9. The van der Waals surface area contributed by atoms with Crippen LogP contribution in [-0.2, 0) is 4.79 Å². The zero-order chi connectivity index (χ0) is 14.7. The first-order valence-corrected chi connectivity index (χ1v) is 7.07.